The first kappa shape index (κ1) is 9.83. The molecule has 0 bridgehead atoms. The van der Waals surface area contributed by atoms with Crippen LogP contribution >= 0.6 is 0 Å². The number of rotatable bonds is 1. The summed E-state index contributed by atoms with van der Waals surface area (Å²) in [6.07, 6.45) is 2.48. The maximum absolute atomic E-state index is 11.2. The number of hydrogen-bond acceptors (Lipinski definition) is 3. The van der Waals surface area contributed by atoms with Gasteiger partial charge in [0, 0.05) is 6.54 Å². The molecule has 1 atom stereocenters. The summed E-state index contributed by atoms with van der Waals surface area (Å²) in [5.74, 6) is -0.376. The van der Waals surface area contributed by atoms with Crippen LogP contribution in [0.15, 0.2) is 0 Å². The van der Waals surface area contributed by atoms with Crippen molar-refractivity contribution < 1.29 is 14.3 Å². The number of hydrogen-bond donors (Lipinski definition) is 1. The molecule has 13 heavy (non-hydrogen) atoms. The van der Waals surface area contributed by atoms with Crippen LogP contribution in [0.2, 0.25) is 0 Å². The van der Waals surface area contributed by atoms with Crippen molar-refractivity contribution in [3.05, 3.63) is 0 Å². The minimum absolute atomic E-state index is 0.376. The van der Waals surface area contributed by atoms with Crippen LogP contribution in [0.5, 0.6) is 0 Å². The smallest absolute Gasteiger partial charge is 0.328 e. The van der Waals surface area contributed by atoms with Gasteiger partial charge in [0.2, 0.25) is 0 Å². The number of piperidine rings is 1. The first-order valence-electron chi connectivity index (χ1n) is 4.30. The van der Waals surface area contributed by atoms with E-state index in [1.165, 1.54) is 12.0 Å². The molecule has 2 amide bonds. The van der Waals surface area contributed by atoms with Crippen molar-refractivity contribution >= 4 is 12.0 Å². The van der Waals surface area contributed by atoms with Crippen molar-refractivity contribution in [2.45, 2.75) is 25.3 Å². The molecule has 0 aliphatic carbocycles. The van der Waals surface area contributed by atoms with Gasteiger partial charge >= 0.3 is 12.0 Å². The van der Waals surface area contributed by atoms with Gasteiger partial charge in [0.05, 0.1) is 7.11 Å². The molecule has 5 heteroatoms. The maximum atomic E-state index is 11.2. The monoisotopic (exact) mass is 186 g/mol. The fourth-order valence-electron chi connectivity index (χ4n) is 1.58. The van der Waals surface area contributed by atoms with E-state index in [1.54, 1.807) is 0 Å². The second kappa shape index (κ2) is 4.11. The standard InChI is InChI=1S/C8H14N2O3/c1-13-7(11)6-4-2-3-5-10(6)8(9)12/h6H,2-5H2,1H3,(H2,9,12)/t6-/m1/s1. The molecule has 2 N–H and O–H groups in total. The second-order valence-electron chi connectivity index (χ2n) is 3.07. The van der Waals surface area contributed by atoms with Gasteiger partial charge in [-0.2, -0.15) is 0 Å². The van der Waals surface area contributed by atoms with E-state index in [1.807, 2.05) is 0 Å². The Kier molecular flexibility index (Phi) is 3.11. The van der Waals surface area contributed by atoms with Crippen molar-refractivity contribution in [1.82, 2.24) is 4.90 Å². The van der Waals surface area contributed by atoms with E-state index in [9.17, 15) is 9.59 Å². The van der Waals surface area contributed by atoms with E-state index >= 15 is 0 Å². The molecule has 1 aliphatic rings. The summed E-state index contributed by atoms with van der Waals surface area (Å²) >= 11 is 0. The summed E-state index contributed by atoms with van der Waals surface area (Å²) in [5.41, 5.74) is 5.13. The predicted molar refractivity (Wildman–Crippen MR) is 45.9 cm³/mol. The first-order valence-corrected chi connectivity index (χ1v) is 4.30. The number of nitrogens with zero attached hydrogens (tertiary/aromatic N) is 1. The lowest BCUT2D eigenvalue weighted by Gasteiger charge is -2.32. The largest absolute Gasteiger partial charge is 0.467 e. The number of carbonyl (C=O) groups excluding carboxylic acids is 2. The van der Waals surface area contributed by atoms with Crippen LogP contribution in [0, 0.1) is 0 Å². The van der Waals surface area contributed by atoms with Crippen LogP contribution in [0.4, 0.5) is 4.79 Å². The summed E-state index contributed by atoms with van der Waals surface area (Å²) in [6, 6.07) is -1.02. The summed E-state index contributed by atoms with van der Waals surface area (Å²) in [6.45, 7) is 0.551. The van der Waals surface area contributed by atoms with E-state index < -0.39 is 12.1 Å². The number of urea groups is 1. The lowest BCUT2D eigenvalue weighted by atomic mass is 10.0. The van der Waals surface area contributed by atoms with E-state index in [2.05, 4.69) is 4.74 Å². The zero-order chi connectivity index (χ0) is 9.84. The second-order valence-corrected chi connectivity index (χ2v) is 3.07. The Morgan fingerprint density at radius 2 is 2.15 bits per heavy atom. The molecule has 0 radical (unpaired) electrons. The number of ether oxygens (including phenoxy) is 1. The highest BCUT2D eigenvalue weighted by Gasteiger charge is 2.31. The van der Waals surface area contributed by atoms with E-state index in [4.69, 9.17) is 5.73 Å². The number of nitrogens with two attached hydrogens (primary N) is 1. The summed E-state index contributed by atoms with van der Waals surface area (Å²) < 4.78 is 4.58. The quantitative estimate of drug-likeness (QED) is 0.590. The topological polar surface area (TPSA) is 72.6 Å². The molecule has 0 spiro atoms. The average Bonchev–Trinajstić information content (AvgIpc) is 2.16. The summed E-state index contributed by atoms with van der Waals surface area (Å²) in [7, 11) is 1.32. The molecule has 1 aliphatic heterocycles. The van der Waals surface area contributed by atoms with Gasteiger partial charge in [0.15, 0.2) is 0 Å². The molecule has 1 rings (SSSR count). The normalized spacial score (nSPS) is 22.5. The molecular formula is C8H14N2O3. The molecule has 1 heterocycles. The molecule has 0 aromatic rings. The van der Waals surface area contributed by atoms with Crippen LogP contribution < -0.4 is 5.73 Å². The summed E-state index contributed by atoms with van der Waals surface area (Å²) in [4.78, 5) is 23.5. The number of primary amides is 1. The van der Waals surface area contributed by atoms with Crippen LogP contribution in [0.25, 0.3) is 0 Å². The zero-order valence-corrected chi connectivity index (χ0v) is 7.66. The highest BCUT2D eigenvalue weighted by Crippen LogP contribution is 2.17. The van der Waals surface area contributed by atoms with Crippen LogP contribution in [0.3, 0.4) is 0 Å². The lowest BCUT2D eigenvalue weighted by Crippen LogP contribution is -2.50. The Hall–Kier alpha value is -1.26. The fraction of sp³-hybridized carbons (Fsp3) is 0.750. The summed E-state index contributed by atoms with van der Waals surface area (Å²) in [5, 5.41) is 0. The minimum Gasteiger partial charge on any atom is -0.467 e. The van der Waals surface area contributed by atoms with Gasteiger partial charge in [0.25, 0.3) is 0 Å². The molecule has 0 aromatic carbocycles. The molecule has 74 valence electrons. The molecule has 0 unspecified atom stereocenters. The minimum atomic E-state index is -0.546. The Morgan fingerprint density at radius 3 is 2.69 bits per heavy atom. The SMILES string of the molecule is COC(=O)[C@H]1CCCCN1C(N)=O. The van der Waals surface area contributed by atoms with Crippen molar-refractivity contribution in [3.63, 3.8) is 0 Å². The molecule has 1 saturated heterocycles. The van der Waals surface area contributed by atoms with Crippen molar-refractivity contribution in [2.24, 2.45) is 5.73 Å². The Bertz CT molecular complexity index is 217. The first-order chi connectivity index (χ1) is 6.16. The Morgan fingerprint density at radius 1 is 1.46 bits per heavy atom. The van der Waals surface area contributed by atoms with Gasteiger partial charge in [-0.15, -0.1) is 0 Å². The Balaban J connectivity index is 2.67. The molecule has 1 fully saturated rings. The Labute approximate surface area is 76.8 Å². The number of esters is 1. The van der Waals surface area contributed by atoms with Gasteiger partial charge < -0.3 is 15.4 Å². The molecular weight excluding hydrogens is 172 g/mol. The fourth-order valence-corrected chi connectivity index (χ4v) is 1.58. The highest BCUT2D eigenvalue weighted by molar-refractivity contribution is 5.83. The van der Waals surface area contributed by atoms with Gasteiger partial charge in [-0.3, -0.25) is 0 Å². The third-order valence-electron chi connectivity index (χ3n) is 2.26. The lowest BCUT2D eigenvalue weighted by molar-refractivity contribution is -0.146. The van der Waals surface area contributed by atoms with Crippen LogP contribution in [-0.2, 0) is 9.53 Å². The van der Waals surface area contributed by atoms with E-state index in [-0.39, 0.29) is 5.97 Å². The van der Waals surface area contributed by atoms with Crippen LogP contribution in [0.1, 0.15) is 19.3 Å². The number of amides is 2. The van der Waals surface area contributed by atoms with Gasteiger partial charge in [-0.1, -0.05) is 0 Å². The van der Waals surface area contributed by atoms with Gasteiger partial charge in [0.1, 0.15) is 6.04 Å². The average molecular weight is 186 g/mol. The maximum Gasteiger partial charge on any atom is 0.328 e. The van der Waals surface area contributed by atoms with Gasteiger partial charge in [-0.05, 0) is 19.3 Å². The highest BCUT2D eigenvalue weighted by atomic mass is 16.5. The molecule has 0 aromatic heterocycles. The van der Waals surface area contributed by atoms with Gasteiger partial charge in [-0.25, -0.2) is 9.59 Å². The number of carbonyl (C=O) groups is 2. The van der Waals surface area contributed by atoms with E-state index in [0.29, 0.717) is 13.0 Å². The number of methoxy groups -OCH3 is 1. The third-order valence-corrected chi connectivity index (χ3v) is 2.26. The zero-order valence-electron chi connectivity index (χ0n) is 7.66. The van der Waals surface area contributed by atoms with Crippen molar-refractivity contribution in [3.8, 4) is 0 Å². The van der Waals surface area contributed by atoms with Crippen molar-refractivity contribution in [2.75, 3.05) is 13.7 Å². The van der Waals surface area contributed by atoms with E-state index in [0.717, 1.165) is 12.8 Å². The predicted octanol–water partition coefficient (Wildman–Crippen LogP) is 0.0926. The molecule has 0 saturated carbocycles. The number of likely N-dealkylation sites (tertiary alicyclic amines) is 1. The third kappa shape index (κ3) is 2.11. The van der Waals surface area contributed by atoms with Crippen molar-refractivity contribution in [1.29, 1.82) is 0 Å². The molecule has 5 nitrogen and oxygen atoms in total. The van der Waals surface area contributed by atoms with Crippen LogP contribution in [-0.4, -0.2) is 36.6 Å².